The van der Waals surface area contributed by atoms with Crippen LogP contribution in [-0.4, -0.2) is 29.9 Å². The Hall–Kier alpha value is -1.08. The first-order chi connectivity index (χ1) is 8.22. The minimum Gasteiger partial charge on any atom is -0.369 e. The maximum Gasteiger partial charge on any atom is 0.221 e. The Morgan fingerprint density at radius 1 is 1.24 bits per heavy atom. The van der Waals surface area contributed by atoms with Crippen LogP contribution in [0.25, 0.3) is 0 Å². The maximum absolute atomic E-state index is 11.2. The number of carbonyl (C=O) groups is 1. The van der Waals surface area contributed by atoms with Crippen molar-refractivity contribution in [3.63, 3.8) is 0 Å². The van der Waals surface area contributed by atoms with Crippen LogP contribution in [0.5, 0.6) is 0 Å². The van der Waals surface area contributed by atoms with Gasteiger partial charge in [-0.15, -0.1) is 0 Å². The molecule has 4 nitrogen and oxygen atoms in total. The molecule has 0 radical (unpaired) electrons. The summed E-state index contributed by atoms with van der Waals surface area (Å²) < 4.78 is 0. The Balaban J connectivity index is 2.00. The van der Waals surface area contributed by atoms with Crippen LogP contribution in [0.1, 0.15) is 38.5 Å². The summed E-state index contributed by atoms with van der Waals surface area (Å²) in [6.45, 7) is 1.69. The van der Waals surface area contributed by atoms with Gasteiger partial charge in [0.1, 0.15) is 0 Å². The number of nitrogens with zero attached hydrogens (tertiary/aromatic N) is 2. The quantitative estimate of drug-likeness (QED) is 0.733. The fraction of sp³-hybridized carbons (Fsp3) is 0.846. The van der Waals surface area contributed by atoms with E-state index >= 15 is 0 Å². The maximum atomic E-state index is 11.2. The van der Waals surface area contributed by atoms with Gasteiger partial charge in [0.2, 0.25) is 5.91 Å². The zero-order chi connectivity index (χ0) is 12.3. The molecule has 1 saturated heterocycles. The molecule has 1 amide bonds. The number of nitriles is 1. The molecule has 0 aromatic heterocycles. The second kappa shape index (κ2) is 5.50. The number of primary amides is 1. The Morgan fingerprint density at radius 3 is 2.65 bits per heavy atom. The van der Waals surface area contributed by atoms with Crippen molar-refractivity contribution in [3.8, 4) is 6.07 Å². The molecule has 0 bridgehead atoms. The lowest BCUT2D eigenvalue weighted by Gasteiger charge is -2.29. The molecule has 2 N–H and O–H groups in total. The standard InChI is InChI=1S/C13H21N3O/c14-8-10-4-2-1-3-5-12(10)16-7-6-11(9-16)13(15)17/h10-12H,1-7,9H2,(H2,15,17). The van der Waals surface area contributed by atoms with Crippen LogP contribution in [0.3, 0.4) is 0 Å². The minimum atomic E-state index is -0.186. The highest BCUT2D eigenvalue weighted by molar-refractivity contribution is 5.77. The first kappa shape index (κ1) is 12.4. The van der Waals surface area contributed by atoms with Gasteiger partial charge in [0.15, 0.2) is 0 Å². The monoisotopic (exact) mass is 235 g/mol. The van der Waals surface area contributed by atoms with Gasteiger partial charge in [-0.25, -0.2) is 0 Å². The summed E-state index contributed by atoms with van der Waals surface area (Å²) >= 11 is 0. The number of likely N-dealkylation sites (tertiary alicyclic amines) is 1. The summed E-state index contributed by atoms with van der Waals surface area (Å²) in [6, 6.07) is 2.81. The third-order valence-corrected chi connectivity index (χ3v) is 4.24. The first-order valence-electron chi connectivity index (χ1n) is 6.65. The molecule has 3 atom stereocenters. The van der Waals surface area contributed by atoms with Crippen molar-refractivity contribution >= 4 is 5.91 Å². The van der Waals surface area contributed by atoms with Crippen molar-refractivity contribution in [1.82, 2.24) is 4.90 Å². The molecule has 4 heteroatoms. The predicted molar refractivity (Wildman–Crippen MR) is 64.9 cm³/mol. The molecule has 1 saturated carbocycles. The fourth-order valence-corrected chi connectivity index (χ4v) is 3.20. The molecule has 94 valence electrons. The van der Waals surface area contributed by atoms with Crippen LogP contribution in [0.4, 0.5) is 0 Å². The van der Waals surface area contributed by atoms with Gasteiger partial charge in [0, 0.05) is 12.6 Å². The molecular weight excluding hydrogens is 214 g/mol. The van der Waals surface area contributed by atoms with Crippen LogP contribution < -0.4 is 5.73 Å². The molecule has 3 unspecified atom stereocenters. The molecule has 1 heterocycles. The van der Waals surface area contributed by atoms with Gasteiger partial charge in [-0.05, 0) is 25.8 Å². The highest BCUT2D eigenvalue weighted by Gasteiger charge is 2.35. The highest BCUT2D eigenvalue weighted by atomic mass is 16.1. The highest BCUT2D eigenvalue weighted by Crippen LogP contribution is 2.30. The van der Waals surface area contributed by atoms with Gasteiger partial charge < -0.3 is 5.73 Å². The molecule has 2 fully saturated rings. The largest absolute Gasteiger partial charge is 0.369 e. The molecule has 17 heavy (non-hydrogen) atoms. The molecule has 1 aliphatic heterocycles. The lowest BCUT2D eigenvalue weighted by molar-refractivity contribution is -0.121. The smallest absolute Gasteiger partial charge is 0.221 e. The Morgan fingerprint density at radius 2 is 2.00 bits per heavy atom. The summed E-state index contributed by atoms with van der Waals surface area (Å²) in [5.74, 6) is -0.0450. The van der Waals surface area contributed by atoms with E-state index in [1.165, 1.54) is 19.3 Å². The Bertz CT molecular complexity index is 323. The van der Waals surface area contributed by atoms with Crippen LogP contribution in [0.15, 0.2) is 0 Å². The second-order valence-electron chi connectivity index (χ2n) is 5.32. The van der Waals surface area contributed by atoms with E-state index in [1.807, 2.05) is 0 Å². The number of hydrogen-bond donors (Lipinski definition) is 1. The summed E-state index contributed by atoms with van der Waals surface area (Å²) in [6.07, 6.45) is 6.59. The Labute approximate surface area is 103 Å². The molecule has 0 aromatic rings. The van der Waals surface area contributed by atoms with Gasteiger partial charge in [-0.3, -0.25) is 9.69 Å². The van der Waals surface area contributed by atoms with Crippen molar-refractivity contribution in [2.24, 2.45) is 17.6 Å². The third-order valence-electron chi connectivity index (χ3n) is 4.24. The van der Waals surface area contributed by atoms with Crippen LogP contribution in [0, 0.1) is 23.2 Å². The molecule has 2 aliphatic rings. The van der Waals surface area contributed by atoms with E-state index in [9.17, 15) is 10.1 Å². The lowest BCUT2D eigenvalue weighted by atomic mass is 9.95. The topological polar surface area (TPSA) is 70.1 Å². The lowest BCUT2D eigenvalue weighted by Crippen LogP contribution is -2.39. The van der Waals surface area contributed by atoms with Gasteiger partial charge in [-0.1, -0.05) is 19.3 Å². The van der Waals surface area contributed by atoms with Gasteiger partial charge in [-0.2, -0.15) is 5.26 Å². The summed E-state index contributed by atoms with van der Waals surface area (Å²) in [7, 11) is 0. The van der Waals surface area contributed by atoms with Crippen molar-refractivity contribution in [2.75, 3.05) is 13.1 Å². The summed E-state index contributed by atoms with van der Waals surface area (Å²) in [5, 5.41) is 9.25. The average Bonchev–Trinajstić information content (AvgIpc) is 2.68. The van der Waals surface area contributed by atoms with Crippen molar-refractivity contribution < 1.29 is 4.79 Å². The number of carbonyl (C=O) groups excluding carboxylic acids is 1. The predicted octanol–water partition coefficient (Wildman–Crippen LogP) is 1.27. The summed E-state index contributed by atoms with van der Waals surface area (Å²) in [4.78, 5) is 13.5. The molecule has 1 aliphatic carbocycles. The number of rotatable bonds is 2. The zero-order valence-corrected chi connectivity index (χ0v) is 10.3. The van der Waals surface area contributed by atoms with E-state index in [0.29, 0.717) is 6.04 Å². The summed E-state index contributed by atoms with van der Waals surface area (Å²) in [5.41, 5.74) is 5.36. The van der Waals surface area contributed by atoms with Gasteiger partial charge in [0.05, 0.1) is 17.9 Å². The van der Waals surface area contributed by atoms with E-state index in [1.54, 1.807) is 0 Å². The van der Waals surface area contributed by atoms with Crippen LogP contribution in [-0.2, 0) is 4.79 Å². The minimum absolute atomic E-state index is 0.00223. The number of hydrogen-bond acceptors (Lipinski definition) is 3. The zero-order valence-electron chi connectivity index (χ0n) is 10.3. The third kappa shape index (κ3) is 2.78. The number of amides is 1. The average molecular weight is 235 g/mol. The van der Waals surface area contributed by atoms with Crippen LogP contribution in [0.2, 0.25) is 0 Å². The Kier molecular flexibility index (Phi) is 4.01. The van der Waals surface area contributed by atoms with E-state index in [4.69, 9.17) is 5.73 Å². The van der Waals surface area contributed by atoms with Crippen molar-refractivity contribution in [3.05, 3.63) is 0 Å². The van der Waals surface area contributed by atoms with Gasteiger partial charge >= 0.3 is 0 Å². The molecule has 2 rings (SSSR count). The fourth-order valence-electron chi connectivity index (χ4n) is 3.20. The van der Waals surface area contributed by atoms with Gasteiger partial charge in [0.25, 0.3) is 0 Å². The van der Waals surface area contributed by atoms with E-state index in [2.05, 4.69) is 11.0 Å². The van der Waals surface area contributed by atoms with E-state index in [0.717, 1.165) is 32.4 Å². The van der Waals surface area contributed by atoms with Crippen molar-refractivity contribution in [1.29, 1.82) is 5.26 Å². The molecular formula is C13H21N3O. The van der Waals surface area contributed by atoms with E-state index in [-0.39, 0.29) is 17.7 Å². The SMILES string of the molecule is N#CC1CCCCCC1N1CCC(C(N)=O)C1. The number of nitrogens with two attached hydrogens (primary N) is 1. The van der Waals surface area contributed by atoms with Crippen molar-refractivity contribution in [2.45, 2.75) is 44.6 Å². The molecule has 0 aromatic carbocycles. The van der Waals surface area contributed by atoms with E-state index < -0.39 is 0 Å². The second-order valence-corrected chi connectivity index (χ2v) is 5.32. The van der Waals surface area contributed by atoms with Crippen LogP contribution >= 0.6 is 0 Å². The normalized spacial score (nSPS) is 35.1. The molecule has 0 spiro atoms. The first-order valence-corrected chi connectivity index (χ1v) is 6.65.